The van der Waals surface area contributed by atoms with E-state index >= 15 is 0 Å². The lowest BCUT2D eigenvalue weighted by atomic mass is 10.0. The lowest BCUT2D eigenvalue weighted by Gasteiger charge is -2.10. The average Bonchev–Trinajstić information content (AvgIpc) is 2.37. The second kappa shape index (κ2) is 5.89. The predicted octanol–water partition coefficient (Wildman–Crippen LogP) is 2.26. The van der Waals surface area contributed by atoms with Crippen LogP contribution in [-0.2, 0) is 6.42 Å². The summed E-state index contributed by atoms with van der Waals surface area (Å²) in [6.45, 7) is 5.13. The minimum absolute atomic E-state index is 0.800. The topological polar surface area (TPSA) is 41.9 Å². The zero-order valence-corrected chi connectivity index (χ0v) is 12.0. The molecule has 2 rings (SSSR count). The van der Waals surface area contributed by atoms with Crippen LogP contribution in [0.4, 0.5) is 0 Å². The summed E-state index contributed by atoms with van der Waals surface area (Å²) in [5, 5.41) is 8.20. The van der Waals surface area contributed by atoms with Crippen LogP contribution in [0.5, 0.6) is 0 Å². The highest BCUT2D eigenvalue weighted by molar-refractivity contribution is 5.66. The van der Waals surface area contributed by atoms with E-state index in [0.29, 0.717) is 0 Å². The van der Waals surface area contributed by atoms with Crippen LogP contribution in [0.2, 0.25) is 0 Å². The molecule has 1 heterocycles. The van der Waals surface area contributed by atoms with Gasteiger partial charge in [0.15, 0.2) is 5.82 Å². The molecule has 0 bridgehead atoms. The Balaban J connectivity index is 2.33. The molecular weight excluding hydrogens is 236 g/mol. The number of likely N-dealkylation sites (N-methyl/N-ethyl adjacent to an activating group) is 1. The Labute approximate surface area is 114 Å². The van der Waals surface area contributed by atoms with Gasteiger partial charge in [0, 0.05) is 18.5 Å². The molecule has 0 amide bonds. The Morgan fingerprint density at radius 1 is 1.11 bits per heavy atom. The molecule has 0 spiro atoms. The number of hydrogen-bond donors (Lipinski definition) is 0. The molecule has 0 unspecified atom stereocenters. The molecule has 0 saturated carbocycles. The first kappa shape index (κ1) is 13.6. The standard InChI is InChI=1S/C15H20N4/c1-11-6-5-7-12(2)15(11)13-10-16-18-14(17-13)8-9-19(3)4/h5-7,10H,8-9H2,1-4H3. The van der Waals surface area contributed by atoms with Gasteiger partial charge in [-0.2, -0.15) is 5.10 Å². The van der Waals surface area contributed by atoms with E-state index in [1.807, 2.05) is 14.1 Å². The maximum atomic E-state index is 4.64. The van der Waals surface area contributed by atoms with Crippen molar-refractivity contribution >= 4 is 0 Å². The highest BCUT2D eigenvalue weighted by Gasteiger charge is 2.09. The average molecular weight is 256 g/mol. The van der Waals surface area contributed by atoms with Crippen molar-refractivity contribution in [3.8, 4) is 11.3 Å². The summed E-state index contributed by atoms with van der Waals surface area (Å²) in [4.78, 5) is 6.76. The van der Waals surface area contributed by atoms with E-state index in [9.17, 15) is 0 Å². The number of aromatic nitrogens is 3. The van der Waals surface area contributed by atoms with E-state index < -0.39 is 0 Å². The van der Waals surface area contributed by atoms with E-state index in [1.165, 1.54) is 16.7 Å². The van der Waals surface area contributed by atoms with Gasteiger partial charge in [0.1, 0.15) is 0 Å². The van der Waals surface area contributed by atoms with Gasteiger partial charge in [-0.3, -0.25) is 0 Å². The van der Waals surface area contributed by atoms with Gasteiger partial charge in [0.25, 0.3) is 0 Å². The lowest BCUT2D eigenvalue weighted by Crippen LogP contribution is -2.16. The van der Waals surface area contributed by atoms with Crippen LogP contribution in [0.15, 0.2) is 24.4 Å². The van der Waals surface area contributed by atoms with Gasteiger partial charge < -0.3 is 4.90 Å². The number of hydrogen-bond acceptors (Lipinski definition) is 4. The predicted molar refractivity (Wildman–Crippen MR) is 77.0 cm³/mol. The van der Waals surface area contributed by atoms with Crippen LogP contribution in [0.3, 0.4) is 0 Å². The van der Waals surface area contributed by atoms with Gasteiger partial charge in [-0.05, 0) is 39.1 Å². The fourth-order valence-corrected chi connectivity index (χ4v) is 2.11. The molecule has 4 nitrogen and oxygen atoms in total. The Morgan fingerprint density at radius 3 is 2.42 bits per heavy atom. The Bertz CT molecular complexity index is 544. The Hall–Kier alpha value is -1.81. The fraction of sp³-hybridized carbons (Fsp3) is 0.400. The van der Waals surface area contributed by atoms with E-state index in [-0.39, 0.29) is 0 Å². The smallest absolute Gasteiger partial charge is 0.152 e. The van der Waals surface area contributed by atoms with Crippen LogP contribution in [0.25, 0.3) is 11.3 Å². The number of rotatable bonds is 4. The number of benzene rings is 1. The van der Waals surface area contributed by atoms with Crippen LogP contribution >= 0.6 is 0 Å². The summed E-state index contributed by atoms with van der Waals surface area (Å²) in [5.74, 6) is 0.800. The van der Waals surface area contributed by atoms with Gasteiger partial charge in [0.2, 0.25) is 0 Å². The van der Waals surface area contributed by atoms with E-state index in [4.69, 9.17) is 0 Å². The summed E-state index contributed by atoms with van der Waals surface area (Å²) < 4.78 is 0. The zero-order chi connectivity index (χ0) is 13.8. The summed E-state index contributed by atoms with van der Waals surface area (Å²) >= 11 is 0. The number of nitrogens with zero attached hydrogens (tertiary/aromatic N) is 4. The summed E-state index contributed by atoms with van der Waals surface area (Å²) in [7, 11) is 4.09. The molecule has 1 aromatic heterocycles. The molecule has 0 aliphatic heterocycles. The van der Waals surface area contributed by atoms with Crippen molar-refractivity contribution < 1.29 is 0 Å². The fourth-order valence-electron chi connectivity index (χ4n) is 2.11. The van der Waals surface area contributed by atoms with Crippen molar-refractivity contribution in [3.05, 3.63) is 41.3 Å². The second-order valence-corrected chi connectivity index (χ2v) is 5.08. The first-order valence-corrected chi connectivity index (χ1v) is 6.48. The molecule has 0 saturated heterocycles. The van der Waals surface area contributed by atoms with E-state index in [1.54, 1.807) is 6.20 Å². The molecule has 0 N–H and O–H groups in total. The minimum atomic E-state index is 0.800. The second-order valence-electron chi connectivity index (χ2n) is 5.08. The number of aryl methyl sites for hydroxylation is 2. The summed E-state index contributed by atoms with van der Waals surface area (Å²) in [6, 6.07) is 6.27. The lowest BCUT2D eigenvalue weighted by molar-refractivity contribution is 0.408. The van der Waals surface area contributed by atoms with Crippen molar-refractivity contribution in [1.29, 1.82) is 0 Å². The van der Waals surface area contributed by atoms with Crippen LogP contribution in [0, 0.1) is 13.8 Å². The van der Waals surface area contributed by atoms with Crippen molar-refractivity contribution in [3.63, 3.8) is 0 Å². The maximum absolute atomic E-state index is 4.64. The van der Waals surface area contributed by atoms with Crippen molar-refractivity contribution in [2.75, 3.05) is 20.6 Å². The molecular formula is C15H20N4. The monoisotopic (exact) mass is 256 g/mol. The van der Waals surface area contributed by atoms with Crippen LogP contribution in [-0.4, -0.2) is 40.7 Å². The third-order valence-electron chi connectivity index (χ3n) is 3.12. The Kier molecular flexibility index (Phi) is 4.22. The SMILES string of the molecule is Cc1cccc(C)c1-c1cnnc(CCN(C)C)n1. The largest absolute Gasteiger partial charge is 0.309 e. The van der Waals surface area contributed by atoms with Gasteiger partial charge in [-0.1, -0.05) is 18.2 Å². The molecule has 2 aromatic rings. The Morgan fingerprint density at radius 2 is 1.79 bits per heavy atom. The van der Waals surface area contributed by atoms with E-state index in [0.717, 1.165) is 24.5 Å². The molecule has 0 fully saturated rings. The van der Waals surface area contributed by atoms with Crippen molar-refractivity contribution in [2.45, 2.75) is 20.3 Å². The van der Waals surface area contributed by atoms with Crippen molar-refractivity contribution in [1.82, 2.24) is 20.1 Å². The third-order valence-corrected chi connectivity index (χ3v) is 3.12. The van der Waals surface area contributed by atoms with Crippen molar-refractivity contribution in [2.24, 2.45) is 0 Å². The van der Waals surface area contributed by atoms with Gasteiger partial charge in [-0.25, -0.2) is 4.98 Å². The van der Waals surface area contributed by atoms with Crippen LogP contribution in [0.1, 0.15) is 17.0 Å². The van der Waals surface area contributed by atoms with Gasteiger partial charge >= 0.3 is 0 Å². The normalized spacial score (nSPS) is 11.0. The molecule has 0 atom stereocenters. The molecule has 0 aliphatic rings. The molecule has 100 valence electrons. The molecule has 1 aromatic carbocycles. The first-order valence-electron chi connectivity index (χ1n) is 6.48. The highest BCUT2D eigenvalue weighted by atomic mass is 15.1. The highest BCUT2D eigenvalue weighted by Crippen LogP contribution is 2.24. The van der Waals surface area contributed by atoms with Crippen LogP contribution < -0.4 is 0 Å². The third kappa shape index (κ3) is 3.35. The molecule has 0 aliphatic carbocycles. The van der Waals surface area contributed by atoms with Gasteiger partial charge in [0.05, 0.1) is 11.9 Å². The molecule has 4 heteroatoms. The molecule has 19 heavy (non-hydrogen) atoms. The quantitative estimate of drug-likeness (QED) is 0.841. The zero-order valence-electron chi connectivity index (χ0n) is 12.0. The molecule has 0 radical (unpaired) electrons. The summed E-state index contributed by atoms with van der Waals surface area (Å²) in [6.07, 6.45) is 2.56. The summed E-state index contributed by atoms with van der Waals surface area (Å²) in [5.41, 5.74) is 4.53. The first-order chi connectivity index (χ1) is 9.08. The van der Waals surface area contributed by atoms with Gasteiger partial charge in [-0.15, -0.1) is 5.10 Å². The van der Waals surface area contributed by atoms with E-state index in [2.05, 4.69) is 52.1 Å². The maximum Gasteiger partial charge on any atom is 0.152 e. The minimum Gasteiger partial charge on any atom is -0.309 e.